The Bertz CT molecular complexity index is 435. The van der Waals surface area contributed by atoms with E-state index in [9.17, 15) is 0 Å². The normalized spacial score (nSPS) is 10.3. The number of nitrogens with one attached hydrogen (secondary N) is 1. The maximum Gasteiger partial charge on any atom is 0.173 e. The maximum absolute atomic E-state index is 5.12. The Balaban J connectivity index is 1.93. The van der Waals surface area contributed by atoms with Crippen molar-refractivity contribution < 1.29 is 4.74 Å². The fraction of sp³-hybridized carbons (Fsp3) is 0.300. The van der Waals surface area contributed by atoms with Gasteiger partial charge in [-0.15, -0.1) is 11.3 Å². The summed E-state index contributed by atoms with van der Waals surface area (Å²) in [6.07, 6.45) is 1.91. The number of thiophene rings is 1. The Morgan fingerprint density at radius 1 is 1.47 bits per heavy atom. The molecule has 0 amide bonds. The van der Waals surface area contributed by atoms with E-state index in [0.29, 0.717) is 0 Å². The van der Waals surface area contributed by atoms with Crippen LogP contribution in [0.3, 0.4) is 0 Å². The largest absolute Gasteiger partial charge is 0.487 e. The van der Waals surface area contributed by atoms with Gasteiger partial charge in [0, 0.05) is 24.2 Å². The molecule has 2 aromatic rings. The molecule has 1 N–H and O–H groups in total. The van der Waals surface area contributed by atoms with Crippen molar-refractivity contribution in [2.75, 3.05) is 12.4 Å². The summed E-state index contributed by atoms with van der Waals surface area (Å²) in [5, 5.41) is 8.41. The summed E-state index contributed by atoms with van der Waals surface area (Å²) in [6.45, 7) is 0.783. The van der Waals surface area contributed by atoms with Gasteiger partial charge >= 0.3 is 0 Å². The molecule has 0 atom stereocenters. The van der Waals surface area contributed by atoms with Gasteiger partial charge in [-0.1, -0.05) is 0 Å². The number of aryl methyl sites for hydroxylation is 1. The molecule has 80 valence electrons. The molecule has 0 spiro atoms. The van der Waals surface area contributed by atoms with Crippen molar-refractivity contribution in [2.24, 2.45) is 7.05 Å². The molecule has 5 heteroatoms. The standard InChI is InChI=1S/C10H13N3OS/c1-13-6-5-9(12-13)11-7-8-3-4-10(14-2)15-8/h3-6H,7H2,1-2H3,(H,11,12). The minimum atomic E-state index is 0.783. The molecular weight excluding hydrogens is 210 g/mol. The quantitative estimate of drug-likeness (QED) is 0.862. The van der Waals surface area contributed by atoms with Crippen molar-refractivity contribution >= 4 is 17.2 Å². The summed E-state index contributed by atoms with van der Waals surface area (Å²) < 4.78 is 6.90. The fourth-order valence-corrected chi connectivity index (χ4v) is 2.01. The average molecular weight is 223 g/mol. The van der Waals surface area contributed by atoms with Crippen molar-refractivity contribution in [3.8, 4) is 5.06 Å². The number of aromatic nitrogens is 2. The summed E-state index contributed by atoms with van der Waals surface area (Å²) >= 11 is 1.64. The van der Waals surface area contributed by atoms with Crippen LogP contribution < -0.4 is 10.1 Å². The Labute approximate surface area is 92.5 Å². The lowest BCUT2D eigenvalue weighted by Crippen LogP contribution is -1.98. The predicted molar refractivity (Wildman–Crippen MR) is 61.4 cm³/mol. The molecule has 15 heavy (non-hydrogen) atoms. The molecule has 0 aromatic carbocycles. The summed E-state index contributed by atoms with van der Waals surface area (Å²) in [5.74, 6) is 0.893. The van der Waals surface area contributed by atoms with Crippen molar-refractivity contribution in [2.45, 2.75) is 6.54 Å². The molecule has 4 nitrogen and oxygen atoms in total. The SMILES string of the molecule is COc1ccc(CNc2ccn(C)n2)s1. The monoisotopic (exact) mass is 223 g/mol. The van der Waals surface area contributed by atoms with Gasteiger partial charge < -0.3 is 10.1 Å². The smallest absolute Gasteiger partial charge is 0.173 e. The number of rotatable bonds is 4. The third kappa shape index (κ3) is 2.50. The lowest BCUT2D eigenvalue weighted by atomic mass is 10.4. The molecule has 0 aliphatic rings. The van der Waals surface area contributed by atoms with Crippen LogP contribution in [-0.2, 0) is 13.6 Å². The average Bonchev–Trinajstić information content (AvgIpc) is 2.83. The topological polar surface area (TPSA) is 39.1 Å². The molecule has 0 unspecified atom stereocenters. The lowest BCUT2D eigenvalue weighted by Gasteiger charge is -1.99. The highest BCUT2D eigenvalue weighted by Crippen LogP contribution is 2.24. The minimum absolute atomic E-state index is 0.783. The number of hydrogen-bond acceptors (Lipinski definition) is 4. The second-order valence-electron chi connectivity index (χ2n) is 3.15. The summed E-state index contributed by atoms with van der Waals surface area (Å²) in [7, 11) is 3.58. The van der Waals surface area contributed by atoms with E-state index in [0.717, 1.165) is 17.4 Å². The molecule has 0 bridgehead atoms. The minimum Gasteiger partial charge on any atom is -0.487 e. The number of nitrogens with zero attached hydrogens (tertiary/aromatic N) is 2. The summed E-state index contributed by atoms with van der Waals surface area (Å²) in [6, 6.07) is 5.98. The highest BCUT2D eigenvalue weighted by Gasteiger charge is 2.00. The number of ether oxygens (including phenoxy) is 1. The van der Waals surface area contributed by atoms with E-state index in [2.05, 4.69) is 16.5 Å². The second kappa shape index (κ2) is 4.35. The first-order chi connectivity index (χ1) is 7.28. The fourth-order valence-electron chi connectivity index (χ4n) is 1.25. The van der Waals surface area contributed by atoms with Crippen LogP contribution in [0.2, 0.25) is 0 Å². The molecule has 0 aliphatic carbocycles. The van der Waals surface area contributed by atoms with Crippen LogP contribution in [0.1, 0.15) is 4.88 Å². The molecule has 0 saturated carbocycles. The highest BCUT2D eigenvalue weighted by atomic mass is 32.1. The molecule has 0 radical (unpaired) electrons. The van der Waals surface area contributed by atoms with Gasteiger partial charge in [0.05, 0.1) is 13.7 Å². The molecule has 0 fully saturated rings. The number of hydrogen-bond donors (Lipinski definition) is 1. The first kappa shape index (κ1) is 10.0. The zero-order valence-electron chi connectivity index (χ0n) is 8.73. The van der Waals surface area contributed by atoms with Crippen LogP contribution in [0.5, 0.6) is 5.06 Å². The zero-order valence-corrected chi connectivity index (χ0v) is 9.54. The van der Waals surface area contributed by atoms with E-state index >= 15 is 0 Å². The first-order valence-electron chi connectivity index (χ1n) is 4.64. The predicted octanol–water partition coefficient (Wildman–Crippen LogP) is 2.10. The van der Waals surface area contributed by atoms with Gasteiger partial charge in [0.1, 0.15) is 5.82 Å². The Morgan fingerprint density at radius 3 is 2.93 bits per heavy atom. The van der Waals surface area contributed by atoms with Crippen LogP contribution in [0.25, 0.3) is 0 Å². The third-order valence-corrected chi connectivity index (χ3v) is 3.04. The Morgan fingerprint density at radius 2 is 2.33 bits per heavy atom. The molecule has 0 aliphatic heterocycles. The summed E-state index contributed by atoms with van der Waals surface area (Å²) in [5.41, 5.74) is 0. The van der Waals surface area contributed by atoms with Gasteiger partial charge in [-0.3, -0.25) is 4.68 Å². The molecule has 2 rings (SSSR count). The van der Waals surface area contributed by atoms with Crippen LogP contribution >= 0.6 is 11.3 Å². The van der Waals surface area contributed by atoms with Crippen LogP contribution in [-0.4, -0.2) is 16.9 Å². The Hall–Kier alpha value is -1.49. The van der Waals surface area contributed by atoms with E-state index in [1.807, 2.05) is 25.4 Å². The van der Waals surface area contributed by atoms with Crippen LogP contribution in [0.15, 0.2) is 24.4 Å². The van der Waals surface area contributed by atoms with Crippen LogP contribution in [0, 0.1) is 0 Å². The molecule has 2 aromatic heterocycles. The van der Waals surface area contributed by atoms with E-state index in [1.54, 1.807) is 23.1 Å². The molecular formula is C10H13N3OS. The van der Waals surface area contributed by atoms with Crippen molar-refractivity contribution in [3.05, 3.63) is 29.3 Å². The molecule has 2 heterocycles. The van der Waals surface area contributed by atoms with E-state index in [1.165, 1.54) is 4.88 Å². The van der Waals surface area contributed by atoms with E-state index < -0.39 is 0 Å². The highest BCUT2D eigenvalue weighted by molar-refractivity contribution is 7.13. The van der Waals surface area contributed by atoms with Gasteiger partial charge in [-0.2, -0.15) is 5.10 Å². The van der Waals surface area contributed by atoms with Crippen molar-refractivity contribution in [1.82, 2.24) is 9.78 Å². The van der Waals surface area contributed by atoms with E-state index in [-0.39, 0.29) is 0 Å². The maximum atomic E-state index is 5.12. The van der Waals surface area contributed by atoms with E-state index in [4.69, 9.17) is 4.74 Å². The van der Waals surface area contributed by atoms with Crippen molar-refractivity contribution in [3.63, 3.8) is 0 Å². The van der Waals surface area contributed by atoms with Gasteiger partial charge in [-0.05, 0) is 12.1 Å². The first-order valence-corrected chi connectivity index (χ1v) is 5.46. The summed E-state index contributed by atoms with van der Waals surface area (Å²) in [4.78, 5) is 1.23. The second-order valence-corrected chi connectivity index (χ2v) is 4.28. The molecule has 0 saturated heterocycles. The third-order valence-electron chi connectivity index (χ3n) is 2.00. The van der Waals surface area contributed by atoms with Gasteiger partial charge in [0.15, 0.2) is 5.06 Å². The zero-order chi connectivity index (χ0) is 10.7. The Kier molecular flexibility index (Phi) is 2.91. The number of methoxy groups -OCH3 is 1. The van der Waals surface area contributed by atoms with Gasteiger partial charge in [0.2, 0.25) is 0 Å². The van der Waals surface area contributed by atoms with Gasteiger partial charge in [0.25, 0.3) is 0 Å². The van der Waals surface area contributed by atoms with Gasteiger partial charge in [-0.25, -0.2) is 0 Å². The van der Waals surface area contributed by atoms with Crippen LogP contribution in [0.4, 0.5) is 5.82 Å². The lowest BCUT2D eigenvalue weighted by molar-refractivity contribution is 0.427. The van der Waals surface area contributed by atoms with Crippen molar-refractivity contribution in [1.29, 1.82) is 0 Å². The number of anilines is 1.